The summed E-state index contributed by atoms with van der Waals surface area (Å²) in [6.45, 7) is 2.06. The molecule has 4 heteroatoms. The molecule has 0 saturated heterocycles. The SMILES string of the molecule is Cc1ccc(Br)c(-c2csc(N)n2)c1. The Bertz CT molecular complexity index is 465. The largest absolute Gasteiger partial charge is 0.375 e. The summed E-state index contributed by atoms with van der Waals surface area (Å²) in [4.78, 5) is 4.25. The van der Waals surface area contributed by atoms with Gasteiger partial charge in [-0.05, 0) is 19.1 Å². The minimum atomic E-state index is 0.605. The van der Waals surface area contributed by atoms with E-state index in [2.05, 4.69) is 40.0 Å². The summed E-state index contributed by atoms with van der Waals surface area (Å²) in [5, 5.41) is 2.57. The van der Waals surface area contributed by atoms with Gasteiger partial charge in [0.25, 0.3) is 0 Å². The molecule has 2 N–H and O–H groups in total. The van der Waals surface area contributed by atoms with Gasteiger partial charge in [0.1, 0.15) is 0 Å². The maximum Gasteiger partial charge on any atom is 0.180 e. The minimum Gasteiger partial charge on any atom is -0.375 e. The van der Waals surface area contributed by atoms with Crippen LogP contribution in [0.4, 0.5) is 5.13 Å². The molecule has 2 aromatic rings. The van der Waals surface area contributed by atoms with Crippen molar-refractivity contribution >= 4 is 32.4 Å². The highest BCUT2D eigenvalue weighted by molar-refractivity contribution is 9.10. The summed E-state index contributed by atoms with van der Waals surface area (Å²) in [5.74, 6) is 0. The van der Waals surface area contributed by atoms with E-state index in [-0.39, 0.29) is 0 Å². The molecule has 1 aromatic heterocycles. The Morgan fingerprint density at radius 2 is 2.21 bits per heavy atom. The highest BCUT2D eigenvalue weighted by atomic mass is 79.9. The molecule has 0 atom stereocenters. The second-order valence-electron chi connectivity index (χ2n) is 3.05. The first-order valence-corrected chi connectivity index (χ1v) is 5.81. The smallest absolute Gasteiger partial charge is 0.180 e. The molecule has 2 nitrogen and oxygen atoms in total. The fourth-order valence-corrected chi connectivity index (χ4v) is 2.26. The maximum absolute atomic E-state index is 5.60. The molecule has 0 amide bonds. The van der Waals surface area contributed by atoms with E-state index in [1.54, 1.807) is 0 Å². The van der Waals surface area contributed by atoms with Crippen LogP contribution < -0.4 is 5.73 Å². The van der Waals surface area contributed by atoms with Gasteiger partial charge in [0.15, 0.2) is 5.13 Å². The number of benzene rings is 1. The second-order valence-corrected chi connectivity index (χ2v) is 4.80. The van der Waals surface area contributed by atoms with Gasteiger partial charge in [-0.15, -0.1) is 11.3 Å². The van der Waals surface area contributed by atoms with Crippen molar-refractivity contribution in [2.75, 3.05) is 5.73 Å². The summed E-state index contributed by atoms with van der Waals surface area (Å²) < 4.78 is 1.05. The van der Waals surface area contributed by atoms with E-state index in [1.807, 2.05) is 11.4 Å². The lowest BCUT2D eigenvalue weighted by molar-refractivity contribution is 1.38. The van der Waals surface area contributed by atoms with Crippen LogP contribution in [0.15, 0.2) is 28.1 Å². The molecule has 0 aliphatic heterocycles. The highest BCUT2D eigenvalue weighted by Gasteiger charge is 2.06. The molecule has 0 unspecified atom stereocenters. The van der Waals surface area contributed by atoms with E-state index in [4.69, 9.17) is 5.73 Å². The molecule has 0 spiro atoms. The molecule has 0 bridgehead atoms. The van der Waals surface area contributed by atoms with Crippen molar-refractivity contribution in [3.05, 3.63) is 33.6 Å². The summed E-state index contributed by atoms with van der Waals surface area (Å²) in [6.07, 6.45) is 0. The van der Waals surface area contributed by atoms with E-state index >= 15 is 0 Å². The summed E-state index contributed by atoms with van der Waals surface area (Å²) >= 11 is 4.96. The molecule has 0 saturated carbocycles. The van der Waals surface area contributed by atoms with Gasteiger partial charge in [0.2, 0.25) is 0 Å². The fraction of sp³-hybridized carbons (Fsp3) is 0.100. The molecule has 0 radical (unpaired) electrons. The lowest BCUT2D eigenvalue weighted by Crippen LogP contribution is -1.84. The van der Waals surface area contributed by atoms with E-state index < -0.39 is 0 Å². The quantitative estimate of drug-likeness (QED) is 0.861. The number of anilines is 1. The Kier molecular flexibility index (Phi) is 2.56. The molecule has 1 heterocycles. The molecular formula is C10H9BrN2S. The normalized spacial score (nSPS) is 10.4. The molecule has 0 fully saturated rings. The third-order valence-corrected chi connectivity index (χ3v) is 3.29. The second kappa shape index (κ2) is 3.71. The van der Waals surface area contributed by atoms with Gasteiger partial charge in [-0.25, -0.2) is 4.98 Å². The summed E-state index contributed by atoms with van der Waals surface area (Å²) in [5.41, 5.74) is 8.84. The van der Waals surface area contributed by atoms with Crippen LogP contribution in [-0.2, 0) is 0 Å². The summed E-state index contributed by atoms with van der Waals surface area (Å²) in [6, 6.07) is 6.18. The van der Waals surface area contributed by atoms with Crippen molar-refractivity contribution in [3.63, 3.8) is 0 Å². The Morgan fingerprint density at radius 3 is 2.86 bits per heavy atom. The average molecular weight is 269 g/mol. The lowest BCUT2D eigenvalue weighted by atomic mass is 10.1. The van der Waals surface area contributed by atoms with E-state index in [1.165, 1.54) is 16.9 Å². The zero-order chi connectivity index (χ0) is 10.1. The van der Waals surface area contributed by atoms with Gasteiger partial charge < -0.3 is 5.73 Å². The van der Waals surface area contributed by atoms with Gasteiger partial charge in [0, 0.05) is 15.4 Å². The van der Waals surface area contributed by atoms with Crippen molar-refractivity contribution in [1.29, 1.82) is 0 Å². The van der Waals surface area contributed by atoms with Gasteiger partial charge in [0.05, 0.1) is 5.69 Å². The molecule has 0 aliphatic carbocycles. The zero-order valence-electron chi connectivity index (χ0n) is 7.62. The Morgan fingerprint density at radius 1 is 1.43 bits per heavy atom. The van der Waals surface area contributed by atoms with Crippen LogP contribution in [0.1, 0.15) is 5.56 Å². The first kappa shape index (κ1) is 9.68. The van der Waals surface area contributed by atoms with Crippen LogP contribution in [-0.4, -0.2) is 4.98 Å². The molecule has 14 heavy (non-hydrogen) atoms. The first-order valence-electron chi connectivity index (χ1n) is 4.14. The maximum atomic E-state index is 5.60. The third kappa shape index (κ3) is 1.81. The van der Waals surface area contributed by atoms with Crippen LogP contribution >= 0.6 is 27.3 Å². The number of thiazole rings is 1. The monoisotopic (exact) mass is 268 g/mol. The van der Waals surface area contributed by atoms with E-state index in [9.17, 15) is 0 Å². The standard InChI is InChI=1S/C10H9BrN2S/c1-6-2-3-8(11)7(4-6)9-5-14-10(12)13-9/h2-5H,1H3,(H2,12,13). The molecule has 2 rings (SSSR count). The number of hydrogen-bond acceptors (Lipinski definition) is 3. The van der Waals surface area contributed by atoms with E-state index in [0.717, 1.165) is 15.7 Å². The van der Waals surface area contributed by atoms with Crippen LogP contribution in [0.5, 0.6) is 0 Å². The number of rotatable bonds is 1. The van der Waals surface area contributed by atoms with Crippen LogP contribution in [0.2, 0.25) is 0 Å². The molecular weight excluding hydrogens is 260 g/mol. The topological polar surface area (TPSA) is 38.9 Å². The highest BCUT2D eigenvalue weighted by Crippen LogP contribution is 2.30. The molecule has 0 aliphatic rings. The number of nitrogens with two attached hydrogens (primary N) is 1. The van der Waals surface area contributed by atoms with Crippen molar-refractivity contribution < 1.29 is 0 Å². The molecule has 1 aromatic carbocycles. The predicted octanol–water partition coefficient (Wildman–Crippen LogP) is 3.46. The number of hydrogen-bond donors (Lipinski definition) is 1. The van der Waals surface area contributed by atoms with Crippen LogP contribution in [0, 0.1) is 6.92 Å². The zero-order valence-corrected chi connectivity index (χ0v) is 10.0. The third-order valence-electron chi connectivity index (χ3n) is 1.92. The van der Waals surface area contributed by atoms with Gasteiger partial charge in [-0.3, -0.25) is 0 Å². The minimum absolute atomic E-state index is 0.605. The van der Waals surface area contributed by atoms with Crippen LogP contribution in [0.3, 0.4) is 0 Å². The van der Waals surface area contributed by atoms with Crippen molar-refractivity contribution in [1.82, 2.24) is 4.98 Å². The molecule has 72 valence electrons. The van der Waals surface area contributed by atoms with Crippen molar-refractivity contribution in [3.8, 4) is 11.3 Å². The lowest BCUT2D eigenvalue weighted by Gasteiger charge is -2.01. The van der Waals surface area contributed by atoms with Gasteiger partial charge in [-0.1, -0.05) is 27.6 Å². The number of nitrogen functional groups attached to an aromatic ring is 1. The summed E-state index contributed by atoms with van der Waals surface area (Å²) in [7, 11) is 0. The fourth-order valence-electron chi connectivity index (χ4n) is 1.25. The Labute approximate surface area is 94.9 Å². The van der Waals surface area contributed by atoms with Crippen LogP contribution in [0.25, 0.3) is 11.3 Å². The number of aryl methyl sites for hydroxylation is 1. The first-order chi connectivity index (χ1) is 6.66. The van der Waals surface area contributed by atoms with Crippen molar-refractivity contribution in [2.45, 2.75) is 6.92 Å². The van der Waals surface area contributed by atoms with Gasteiger partial charge >= 0.3 is 0 Å². The number of halogens is 1. The Hall–Kier alpha value is -0.870. The average Bonchev–Trinajstić information content (AvgIpc) is 2.56. The number of aromatic nitrogens is 1. The Balaban J connectivity index is 2.55. The van der Waals surface area contributed by atoms with Crippen molar-refractivity contribution in [2.24, 2.45) is 0 Å². The number of nitrogens with zero attached hydrogens (tertiary/aromatic N) is 1. The predicted molar refractivity (Wildman–Crippen MR) is 64.4 cm³/mol. The van der Waals surface area contributed by atoms with Gasteiger partial charge in [-0.2, -0.15) is 0 Å². The van der Waals surface area contributed by atoms with E-state index in [0.29, 0.717) is 5.13 Å².